The number of amides is 1. The summed E-state index contributed by atoms with van der Waals surface area (Å²) in [6.07, 6.45) is 3.04. The number of carbonyl (C=O) groups excluding carboxylic acids is 2. The molecule has 0 spiro atoms. The number of fused-ring (bicyclic) bond motifs is 1. The summed E-state index contributed by atoms with van der Waals surface area (Å²) < 4.78 is 0.917. The quantitative estimate of drug-likeness (QED) is 0.329. The lowest BCUT2D eigenvalue weighted by Crippen LogP contribution is -2.30. The molecular weight excluding hydrogens is 468 g/mol. The molecule has 0 saturated carbocycles. The van der Waals surface area contributed by atoms with E-state index in [0.29, 0.717) is 15.7 Å². The highest BCUT2D eigenvalue weighted by atomic mass is 35.5. The van der Waals surface area contributed by atoms with Crippen LogP contribution in [0.4, 0.5) is 5.13 Å². The second-order valence-electron chi connectivity index (χ2n) is 7.97. The zero-order valence-corrected chi connectivity index (χ0v) is 19.7. The molecule has 34 heavy (non-hydrogen) atoms. The number of hydrogen-bond donors (Lipinski definition) is 1. The first-order chi connectivity index (χ1) is 16.4. The zero-order chi connectivity index (χ0) is 23.8. The lowest BCUT2D eigenvalue weighted by atomic mass is 9.96. The molecular formula is C27H19ClN2O3S. The summed E-state index contributed by atoms with van der Waals surface area (Å²) in [4.78, 5) is 32.6. The normalized spacial score (nSPS) is 16.2. The van der Waals surface area contributed by atoms with Gasteiger partial charge in [0.05, 0.1) is 21.8 Å². The predicted molar refractivity (Wildman–Crippen MR) is 136 cm³/mol. The molecule has 1 aliphatic rings. The first kappa shape index (κ1) is 22.1. The number of nitrogens with zero attached hydrogens (tertiary/aromatic N) is 2. The summed E-state index contributed by atoms with van der Waals surface area (Å²) in [6, 6.07) is 21.2. The van der Waals surface area contributed by atoms with Gasteiger partial charge in [-0.1, -0.05) is 77.5 Å². The zero-order valence-electron chi connectivity index (χ0n) is 18.1. The van der Waals surface area contributed by atoms with Crippen molar-refractivity contribution in [2.75, 3.05) is 4.90 Å². The first-order valence-corrected chi connectivity index (χ1v) is 11.8. The Labute approximate surface area is 205 Å². The van der Waals surface area contributed by atoms with E-state index >= 15 is 0 Å². The van der Waals surface area contributed by atoms with Crippen molar-refractivity contribution in [1.29, 1.82) is 0 Å². The fourth-order valence-electron chi connectivity index (χ4n) is 3.96. The molecule has 4 aromatic rings. The molecule has 168 valence electrons. The number of carbonyl (C=O) groups is 2. The number of rotatable bonds is 5. The number of aromatic nitrogens is 1. The van der Waals surface area contributed by atoms with Crippen LogP contribution in [0.25, 0.3) is 16.3 Å². The Hall–Kier alpha value is -3.74. The molecule has 2 heterocycles. The Bertz CT molecular complexity index is 1470. The minimum atomic E-state index is -0.834. The fourth-order valence-corrected chi connectivity index (χ4v) is 5.18. The molecule has 0 aliphatic carbocycles. The maximum atomic E-state index is 13.3. The number of ketones is 1. The third kappa shape index (κ3) is 4.02. The Morgan fingerprint density at radius 1 is 1.09 bits per heavy atom. The van der Waals surface area contributed by atoms with Crippen LogP contribution in [-0.4, -0.2) is 21.8 Å². The average molecular weight is 487 g/mol. The third-order valence-corrected chi connectivity index (χ3v) is 6.89. The molecule has 7 heteroatoms. The lowest BCUT2D eigenvalue weighted by Gasteiger charge is -2.24. The molecule has 5 rings (SSSR count). The SMILES string of the molecule is Cc1ccc2nc(N3C(=O)C(O)=C(C(=O)C=Cc4ccccc4)C3c3ccc(Cl)cc3)sc2c1. The minimum Gasteiger partial charge on any atom is -0.503 e. The van der Waals surface area contributed by atoms with Crippen LogP contribution in [0.2, 0.25) is 5.02 Å². The van der Waals surface area contributed by atoms with Gasteiger partial charge in [-0.15, -0.1) is 0 Å². The van der Waals surface area contributed by atoms with Gasteiger partial charge in [0.2, 0.25) is 0 Å². The fraction of sp³-hybridized carbons (Fsp3) is 0.0741. The molecule has 1 N–H and O–H groups in total. The van der Waals surface area contributed by atoms with Gasteiger partial charge in [-0.05, 0) is 54.0 Å². The molecule has 1 aromatic heterocycles. The van der Waals surface area contributed by atoms with E-state index in [4.69, 9.17) is 11.6 Å². The smallest absolute Gasteiger partial charge is 0.296 e. The van der Waals surface area contributed by atoms with E-state index in [1.165, 1.54) is 22.3 Å². The molecule has 0 bridgehead atoms. The van der Waals surface area contributed by atoms with Crippen LogP contribution in [0.1, 0.15) is 22.7 Å². The highest BCUT2D eigenvalue weighted by Crippen LogP contribution is 2.43. The summed E-state index contributed by atoms with van der Waals surface area (Å²) in [5, 5.41) is 11.8. The minimum absolute atomic E-state index is 0.00920. The number of aliphatic hydroxyl groups excluding tert-OH is 1. The van der Waals surface area contributed by atoms with E-state index in [-0.39, 0.29) is 5.57 Å². The van der Waals surface area contributed by atoms with Gasteiger partial charge in [0.1, 0.15) is 0 Å². The van der Waals surface area contributed by atoms with Gasteiger partial charge in [-0.3, -0.25) is 14.5 Å². The van der Waals surface area contributed by atoms with Crippen LogP contribution in [0.5, 0.6) is 0 Å². The largest absolute Gasteiger partial charge is 0.503 e. The maximum absolute atomic E-state index is 13.3. The van der Waals surface area contributed by atoms with Gasteiger partial charge in [0.25, 0.3) is 5.91 Å². The van der Waals surface area contributed by atoms with E-state index in [0.717, 1.165) is 21.3 Å². The van der Waals surface area contributed by atoms with Crippen molar-refractivity contribution in [3.8, 4) is 0 Å². The highest BCUT2D eigenvalue weighted by Gasteiger charge is 2.45. The average Bonchev–Trinajstić information content (AvgIpc) is 3.36. The Balaban J connectivity index is 1.60. The van der Waals surface area contributed by atoms with Crippen LogP contribution < -0.4 is 4.90 Å². The molecule has 0 fully saturated rings. The van der Waals surface area contributed by atoms with Crippen molar-refractivity contribution in [1.82, 2.24) is 4.98 Å². The summed E-state index contributed by atoms with van der Waals surface area (Å²) >= 11 is 7.42. The van der Waals surface area contributed by atoms with Crippen molar-refractivity contribution in [2.24, 2.45) is 0 Å². The monoisotopic (exact) mass is 486 g/mol. The Morgan fingerprint density at radius 3 is 2.56 bits per heavy atom. The topological polar surface area (TPSA) is 70.5 Å². The van der Waals surface area contributed by atoms with E-state index in [9.17, 15) is 14.7 Å². The third-order valence-electron chi connectivity index (χ3n) is 5.62. The number of benzene rings is 3. The summed E-state index contributed by atoms with van der Waals surface area (Å²) in [7, 11) is 0. The summed E-state index contributed by atoms with van der Waals surface area (Å²) in [5.74, 6) is -1.68. The standard InChI is InChI=1S/C27H19ClN2O3S/c1-16-7-13-20-22(15-16)34-27(29-20)30-24(18-9-11-19(28)12-10-18)23(25(32)26(30)33)21(31)14-8-17-5-3-2-4-6-17/h2-15,24,32H,1H3. The van der Waals surface area contributed by atoms with E-state index in [2.05, 4.69) is 4.98 Å². The summed E-state index contributed by atoms with van der Waals surface area (Å²) in [5.41, 5.74) is 3.31. The lowest BCUT2D eigenvalue weighted by molar-refractivity contribution is -0.117. The van der Waals surface area contributed by atoms with Gasteiger partial charge in [-0.2, -0.15) is 0 Å². The van der Waals surface area contributed by atoms with Crippen LogP contribution in [0.15, 0.2) is 90.2 Å². The van der Waals surface area contributed by atoms with Crippen LogP contribution >= 0.6 is 22.9 Å². The predicted octanol–water partition coefficient (Wildman–Crippen LogP) is 6.44. The molecule has 0 saturated heterocycles. The van der Waals surface area contributed by atoms with Gasteiger partial charge in [0.15, 0.2) is 16.7 Å². The van der Waals surface area contributed by atoms with Gasteiger partial charge >= 0.3 is 0 Å². The summed E-state index contributed by atoms with van der Waals surface area (Å²) in [6.45, 7) is 1.99. The molecule has 0 radical (unpaired) electrons. The molecule has 3 aromatic carbocycles. The number of anilines is 1. The van der Waals surface area contributed by atoms with Gasteiger partial charge in [-0.25, -0.2) is 4.98 Å². The van der Waals surface area contributed by atoms with Crippen LogP contribution in [-0.2, 0) is 9.59 Å². The first-order valence-electron chi connectivity index (χ1n) is 10.6. The van der Waals surface area contributed by atoms with Crippen molar-refractivity contribution >= 4 is 56.1 Å². The van der Waals surface area contributed by atoms with Gasteiger partial charge in [0, 0.05) is 5.02 Å². The molecule has 1 amide bonds. The number of allylic oxidation sites excluding steroid dienone is 1. The molecule has 1 aliphatic heterocycles. The van der Waals surface area contributed by atoms with Crippen LogP contribution in [0.3, 0.4) is 0 Å². The van der Waals surface area contributed by atoms with Crippen molar-refractivity contribution < 1.29 is 14.7 Å². The maximum Gasteiger partial charge on any atom is 0.296 e. The van der Waals surface area contributed by atoms with Gasteiger partial charge < -0.3 is 5.11 Å². The van der Waals surface area contributed by atoms with Crippen molar-refractivity contribution in [2.45, 2.75) is 13.0 Å². The Kier molecular flexibility index (Phi) is 5.77. The number of aryl methyl sites for hydroxylation is 1. The molecule has 1 unspecified atom stereocenters. The highest BCUT2D eigenvalue weighted by molar-refractivity contribution is 7.22. The number of halogens is 1. The Morgan fingerprint density at radius 2 is 1.82 bits per heavy atom. The van der Waals surface area contributed by atoms with E-state index in [1.54, 1.807) is 30.3 Å². The second kappa shape index (κ2) is 8.89. The van der Waals surface area contributed by atoms with E-state index in [1.807, 2.05) is 55.5 Å². The van der Waals surface area contributed by atoms with Crippen molar-refractivity contribution in [3.05, 3.63) is 112 Å². The molecule has 5 nitrogen and oxygen atoms in total. The van der Waals surface area contributed by atoms with Crippen LogP contribution in [0, 0.1) is 6.92 Å². The van der Waals surface area contributed by atoms with E-state index < -0.39 is 23.5 Å². The molecule has 1 atom stereocenters. The number of aliphatic hydroxyl groups is 1. The number of thiazole rings is 1. The van der Waals surface area contributed by atoms with Crippen molar-refractivity contribution in [3.63, 3.8) is 0 Å². The second-order valence-corrected chi connectivity index (χ2v) is 9.41. The number of hydrogen-bond acceptors (Lipinski definition) is 5.